The van der Waals surface area contributed by atoms with Crippen LogP contribution in [0.1, 0.15) is 44.3 Å². The fraction of sp³-hybridized carbons (Fsp3) is 0.583. The van der Waals surface area contributed by atoms with Crippen molar-refractivity contribution in [3.8, 4) is 0 Å². The van der Waals surface area contributed by atoms with Gasteiger partial charge in [-0.2, -0.15) is 0 Å². The molecule has 2 nitrogen and oxygen atoms in total. The van der Waals surface area contributed by atoms with Gasteiger partial charge < -0.3 is 5.32 Å². The molecule has 1 aromatic rings. The van der Waals surface area contributed by atoms with Gasteiger partial charge in [-0.05, 0) is 25.6 Å². The molecule has 1 unspecified atom stereocenters. The number of pyridine rings is 1. The normalized spacial score (nSPS) is 12.7. The Morgan fingerprint density at radius 3 is 2.73 bits per heavy atom. The number of hydrogen-bond acceptors (Lipinski definition) is 2. The number of nitrogens with zero attached hydrogens (tertiary/aromatic N) is 1. The second-order valence-electron chi connectivity index (χ2n) is 3.74. The molecule has 0 amide bonds. The Kier molecular flexibility index (Phi) is 5.26. The van der Waals surface area contributed by atoms with E-state index < -0.39 is 0 Å². The minimum absolute atomic E-state index is 0.247. The second kappa shape index (κ2) is 6.51. The van der Waals surface area contributed by atoms with Crippen LogP contribution in [0.3, 0.4) is 0 Å². The predicted molar refractivity (Wildman–Crippen MR) is 60.1 cm³/mol. The third kappa shape index (κ3) is 3.96. The lowest BCUT2D eigenvalue weighted by molar-refractivity contribution is 0.499. The quantitative estimate of drug-likeness (QED) is 0.730. The summed E-state index contributed by atoms with van der Waals surface area (Å²) in [4.78, 5) is 4.09. The zero-order chi connectivity index (χ0) is 11.1. The van der Waals surface area contributed by atoms with Crippen LogP contribution in [0.25, 0.3) is 0 Å². The Morgan fingerprint density at radius 1 is 1.40 bits per heavy atom. The Hall–Kier alpha value is -0.960. The molecule has 1 N–H and O–H groups in total. The van der Waals surface area contributed by atoms with Crippen molar-refractivity contribution in [2.24, 2.45) is 0 Å². The molecule has 0 aliphatic carbocycles. The van der Waals surface area contributed by atoms with E-state index in [9.17, 15) is 4.39 Å². The number of halogens is 1. The predicted octanol–water partition coefficient (Wildman–Crippen LogP) is 3.06. The van der Waals surface area contributed by atoms with Crippen molar-refractivity contribution in [1.82, 2.24) is 10.3 Å². The lowest BCUT2D eigenvalue weighted by Gasteiger charge is -2.15. The van der Waals surface area contributed by atoms with Crippen molar-refractivity contribution in [3.05, 3.63) is 29.8 Å². The number of nitrogens with one attached hydrogen (secondary N) is 1. The van der Waals surface area contributed by atoms with E-state index in [4.69, 9.17) is 0 Å². The van der Waals surface area contributed by atoms with Crippen LogP contribution in [0.15, 0.2) is 18.3 Å². The molecule has 0 spiro atoms. The summed E-state index contributed by atoms with van der Waals surface area (Å²) in [6.45, 7) is 2.19. The minimum atomic E-state index is -0.276. The van der Waals surface area contributed by atoms with E-state index in [1.165, 1.54) is 31.5 Å². The highest BCUT2D eigenvalue weighted by Crippen LogP contribution is 2.17. The van der Waals surface area contributed by atoms with Gasteiger partial charge in [-0.15, -0.1) is 0 Å². The fourth-order valence-corrected chi connectivity index (χ4v) is 1.63. The summed E-state index contributed by atoms with van der Waals surface area (Å²) < 4.78 is 12.7. The van der Waals surface area contributed by atoms with E-state index in [0.29, 0.717) is 0 Å². The molecule has 0 aliphatic rings. The van der Waals surface area contributed by atoms with Crippen molar-refractivity contribution in [2.45, 2.75) is 38.6 Å². The first-order chi connectivity index (χ1) is 7.27. The van der Waals surface area contributed by atoms with E-state index in [1.54, 1.807) is 6.07 Å². The lowest BCUT2D eigenvalue weighted by Crippen LogP contribution is -2.17. The summed E-state index contributed by atoms with van der Waals surface area (Å²) in [5, 5.41) is 3.21. The largest absolute Gasteiger partial charge is 0.312 e. The van der Waals surface area contributed by atoms with Crippen LogP contribution in [-0.4, -0.2) is 12.0 Å². The van der Waals surface area contributed by atoms with Gasteiger partial charge in [0.05, 0.1) is 11.9 Å². The highest BCUT2D eigenvalue weighted by molar-refractivity contribution is 5.09. The van der Waals surface area contributed by atoms with E-state index in [1.807, 2.05) is 7.05 Å². The third-order valence-corrected chi connectivity index (χ3v) is 2.55. The van der Waals surface area contributed by atoms with E-state index in [0.717, 1.165) is 12.1 Å². The topological polar surface area (TPSA) is 24.9 Å². The molecule has 1 atom stereocenters. The maximum absolute atomic E-state index is 12.7. The van der Waals surface area contributed by atoms with Gasteiger partial charge in [0.2, 0.25) is 0 Å². The first-order valence-corrected chi connectivity index (χ1v) is 5.56. The van der Waals surface area contributed by atoms with Crippen molar-refractivity contribution in [1.29, 1.82) is 0 Å². The van der Waals surface area contributed by atoms with E-state index in [2.05, 4.69) is 17.2 Å². The number of hydrogen-bond donors (Lipinski definition) is 1. The lowest BCUT2D eigenvalue weighted by atomic mass is 10.1. The van der Waals surface area contributed by atoms with Crippen LogP contribution < -0.4 is 5.32 Å². The smallest absolute Gasteiger partial charge is 0.141 e. The first kappa shape index (κ1) is 12.1. The van der Waals surface area contributed by atoms with Gasteiger partial charge in [-0.1, -0.05) is 26.2 Å². The molecule has 0 saturated heterocycles. The van der Waals surface area contributed by atoms with Gasteiger partial charge in [0.25, 0.3) is 0 Å². The summed E-state index contributed by atoms with van der Waals surface area (Å²) >= 11 is 0. The summed E-state index contributed by atoms with van der Waals surface area (Å²) in [6.07, 6.45) is 5.97. The molecule has 0 aromatic carbocycles. The summed E-state index contributed by atoms with van der Waals surface area (Å²) in [5.74, 6) is -0.276. The Morgan fingerprint density at radius 2 is 2.20 bits per heavy atom. The molecular formula is C12H19FN2. The molecule has 1 rings (SSSR count). The Bertz CT molecular complexity index is 271. The number of rotatable bonds is 6. The summed E-state index contributed by atoms with van der Waals surface area (Å²) in [5.41, 5.74) is 0.926. The maximum Gasteiger partial charge on any atom is 0.141 e. The van der Waals surface area contributed by atoms with Crippen LogP contribution in [0.4, 0.5) is 4.39 Å². The molecule has 1 aromatic heterocycles. The highest BCUT2D eigenvalue weighted by Gasteiger charge is 2.09. The van der Waals surface area contributed by atoms with Gasteiger partial charge in [0.1, 0.15) is 5.82 Å². The van der Waals surface area contributed by atoms with Crippen LogP contribution in [0, 0.1) is 5.82 Å². The molecular weight excluding hydrogens is 191 g/mol. The molecule has 0 aliphatic heterocycles. The fourth-order valence-electron chi connectivity index (χ4n) is 1.63. The van der Waals surface area contributed by atoms with Gasteiger partial charge in [0.15, 0.2) is 0 Å². The third-order valence-electron chi connectivity index (χ3n) is 2.55. The highest BCUT2D eigenvalue weighted by atomic mass is 19.1. The Labute approximate surface area is 90.9 Å². The standard InChI is InChI=1S/C12H19FN2/c1-3-4-5-6-11(14-2)12-8-7-10(13)9-15-12/h7-9,11,14H,3-6H2,1-2H3. The van der Waals surface area contributed by atoms with Crippen molar-refractivity contribution >= 4 is 0 Å². The zero-order valence-corrected chi connectivity index (χ0v) is 9.46. The van der Waals surface area contributed by atoms with Gasteiger partial charge >= 0.3 is 0 Å². The van der Waals surface area contributed by atoms with Gasteiger partial charge in [-0.3, -0.25) is 4.98 Å². The first-order valence-electron chi connectivity index (χ1n) is 5.56. The van der Waals surface area contributed by atoms with Gasteiger partial charge in [0, 0.05) is 6.04 Å². The summed E-state index contributed by atoms with van der Waals surface area (Å²) in [6, 6.07) is 3.46. The van der Waals surface area contributed by atoms with Crippen molar-refractivity contribution in [2.75, 3.05) is 7.05 Å². The van der Waals surface area contributed by atoms with Crippen LogP contribution in [0.5, 0.6) is 0 Å². The van der Waals surface area contributed by atoms with Crippen LogP contribution in [0.2, 0.25) is 0 Å². The molecule has 0 saturated carbocycles. The van der Waals surface area contributed by atoms with Crippen LogP contribution >= 0.6 is 0 Å². The SMILES string of the molecule is CCCCCC(NC)c1ccc(F)cn1. The summed E-state index contributed by atoms with van der Waals surface area (Å²) in [7, 11) is 1.92. The van der Waals surface area contributed by atoms with Crippen molar-refractivity contribution in [3.63, 3.8) is 0 Å². The molecule has 0 bridgehead atoms. The Balaban J connectivity index is 2.53. The second-order valence-corrected chi connectivity index (χ2v) is 3.74. The van der Waals surface area contributed by atoms with Crippen molar-refractivity contribution < 1.29 is 4.39 Å². The number of aromatic nitrogens is 1. The van der Waals surface area contributed by atoms with E-state index in [-0.39, 0.29) is 11.9 Å². The molecule has 84 valence electrons. The molecule has 15 heavy (non-hydrogen) atoms. The molecule has 0 fully saturated rings. The average Bonchev–Trinajstić information content (AvgIpc) is 2.26. The van der Waals surface area contributed by atoms with Gasteiger partial charge in [-0.25, -0.2) is 4.39 Å². The minimum Gasteiger partial charge on any atom is -0.312 e. The zero-order valence-electron chi connectivity index (χ0n) is 9.46. The average molecular weight is 210 g/mol. The maximum atomic E-state index is 12.7. The molecule has 1 heterocycles. The number of unbranched alkanes of at least 4 members (excludes halogenated alkanes) is 2. The molecule has 0 radical (unpaired) electrons. The van der Waals surface area contributed by atoms with E-state index >= 15 is 0 Å². The molecule has 3 heteroatoms. The van der Waals surface area contributed by atoms with Crippen LogP contribution in [-0.2, 0) is 0 Å². The monoisotopic (exact) mass is 210 g/mol.